The Kier molecular flexibility index (Phi) is 2.58. The van der Waals surface area contributed by atoms with Crippen molar-refractivity contribution in [2.75, 3.05) is 32.1 Å². The third-order valence-electron chi connectivity index (χ3n) is 2.73. The fraction of sp³-hybridized carbons (Fsp3) is 1.00. The van der Waals surface area contributed by atoms with Crippen molar-refractivity contribution < 1.29 is 13.2 Å². The van der Waals surface area contributed by atoms with E-state index < -0.39 is 9.84 Å². The second-order valence-corrected chi connectivity index (χ2v) is 6.17. The number of rotatable bonds is 3. The summed E-state index contributed by atoms with van der Waals surface area (Å²) in [6.07, 6.45) is 0.683. The normalized spacial score (nSPS) is 30.3. The number of hydrogen-bond donors (Lipinski definition) is 1. The molecular weight excluding hydrogens is 190 g/mol. The van der Waals surface area contributed by atoms with E-state index in [2.05, 4.69) is 5.32 Å². The largest absolute Gasteiger partial charge is 0.380 e. The van der Waals surface area contributed by atoms with Crippen molar-refractivity contribution >= 4 is 9.84 Å². The van der Waals surface area contributed by atoms with Gasteiger partial charge in [-0.1, -0.05) is 0 Å². The fourth-order valence-electron chi connectivity index (χ4n) is 1.73. The van der Waals surface area contributed by atoms with Crippen molar-refractivity contribution in [3.05, 3.63) is 0 Å². The van der Waals surface area contributed by atoms with Crippen LogP contribution in [0.2, 0.25) is 0 Å². The van der Waals surface area contributed by atoms with Gasteiger partial charge in [0, 0.05) is 19.7 Å². The van der Waals surface area contributed by atoms with Crippen LogP contribution >= 0.6 is 0 Å². The van der Waals surface area contributed by atoms with E-state index in [0.717, 1.165) is 13.1 Å². The van der Waals surface area contributed by atoms with Gasteiger partial charge in [-0.15, -0.1) is 0 Å². The number of nitrogens with one attached hydrogen (secondary N) is 1. The number of ether oxygens (including phenoxy) is 1. The quantitative estimate of drug-likeness (QED) is 0.669. The second kappa shape index (κ2) is 3.55. The molecule has 0 saturated carbocycles. The van der Waals surface area contributed by atoms with Gasteiger partial charge in [-0.05, 0) is 12.3 Å². The van der Waals surface area contributed by atoms with Crippen LogP contribution in [0.15, 0.2) is 0 Å². The summed E-state index contributed by atoms with van der Waals surface area (Å²) in [6, 6.07) is 0. The van der Waals surface area contributed by atoms with Crippen molar-refractivity contribution in [1.82, 2.24) is 5.32 Å². The van der Waals surface area contributed by atoms with Crippen LogP contribution < -0.4 is 5.32 Å². The third kappa shape index (κ3) is 2.03. The van der Waals surface area contributed by atoms with E-state index in [-0.39, 0.29) is 5.25 Å². The molecule has 0 spiro atoms. The molecule has 0 radical (unpaired) electrons. The number of sulfone groups is 1. The zero-order valence-corrected chi connectivity index (χ0v) is 8.35. The lowest BCUT2D eigenvalue weighted by molar-refractivity contribution is 0.198. The molecule has 13 heavy (non-hydrogen) atoms. The molecule has 2 aliphatic rings. The van der Waals surface area contributed by atoms with Gasteiger partial charge in [0.1, 0.15) is 0 Å². The van der Waals surface area contributed by atoms with Gasteiger partial charge < -0.3 is 10.1 Å². The Morgan fingerprint density at radius 2 is 2.15 bits per heavy atom. The molecule has 76 valence electrons. The van der Waals surface area contributed by atoms with Crippen LogP contribution in [-0.2, 0) is 14.6 Å². The van der Waals surface area contributed by atoms with Crippen molar-refractivity contribution in [2.45, 2.75) is 11.7 Å². The maximum absolute atomic E-state index is 11.7. The molecule has 2 saturated heterocycles. The van der Waals surface area contributed by atoms with Crippen molar-refractivity contribution in [3.63, 3.8) is 0 Å². The van der Waals surface area contributed by atoms with Crippen LogP contribution in [0.1, 0.15) is 6.42 Å². The Hall–Kier alpha value is -0.130. The van der Waals surface area contributed by atoms with Gasteiger partial charge >= 0.3 is 0 Å². The van der Waals surface area contributed by atoms with Crippen LogP contribution in [0.5, 0.6) is 0 Å². The van der Waals surface area contributed by atoms with Crippen LogP contribution in [-0.4, -0.2) is 45.7 Å². The predicted molar refractivity (Wildman–Crippen MR) is 49.4 cm³/mol. The van der Waals surface area contributed by atoms with Crippen LogP contribution in [0.4, 0.5) is 0 Å². The molecule has 0 aliphatic carbocycles. The van der Waals surface area contributed by atoms with Crippen molar-refractivity contribution in [3.8, 4) is 0 Å². The molecule has 0 amide bonds. The zero-order valence-electron chi connectivity index (χ0n) is 7.53. The van der Waals surface area contributed by atoms with Gasteiger partial charge in [-0.3, -0.25) is 0 Å². The highest BCUT2D eigenvalue weighted by Crippen LogP contribution is 2.18. The molecule has 2 aliphatic heterocycles. The summed E-state index contributed by atoms with van der Waals surface area (Å²) in [4.78, 5) is 0. The Bertz CT molecular complexity index is 265. The Labute approximate surface area is 78.6 Å². The molecule has 2 fully saturated rings. The van der Waals surface area contributed by atoms with Gasteiger partial charge in [-0.25, -0.2) is 8.42 Å². The highest BCUT2D eigenvalue weighted by atomic mass is 32.2. The third-order valence-corrected chi connectivity index (χ3v) is 5.05. The maximum Gasteiger partial charge on any atom is 0.155 e. The highest BCUT2D eigenvalue weighted by molar-refractivity contribution is 7.92. The molecule has 5 heteroatoms. The van der Waals surface area contributed by atoms with E-state index >= 15 is 0 Å². The molecule has 0 aromatic carbocycles. The summed E-state index contributed by atoms with van der Waals surface area (Å²) in [6.45, 7) is 2.72. The first-order valence-corrected chi connectivity index (χ1v) is 6.40. The molecular formula is C8H15NO3S. The first-order valence-electron chi connectivity index (χ1n) is 4.68. The highest BCUT2D eigenvalue weighted by Gasteiger charge is 2.33. The summed E-state index contributed by atoms with van der Waals surface area (Å²) < 4.78 is 28.5. The standard InChI is InChI=1S/C8H15NO3S/c10-13(11,6-7-3-9-4-7)8-1-2-12-5-8/h7-9H,1-6H2. The van der Waals surface area contributed by atoms with Gasteiger partial charge in [0.05, 0.1) is 17.6 Å². The Balaban J connectivity index is 1.93. The van der Waals surface area contributed by atoms with Crippen LogP contribution in [0.3, 0.4) is 0 Å². The van der Waals surface area contributed by atoms with Gasteiger partial charge in [0.25, 0.3) is 0 Å². The lowest BCUT2D eigenvalue weighted by Crippen LogP contribution is -2.47. The molecule has 0 aromatic heterocycles. The molecule has 2 heterocycles. The minimum Gasteiger partial charge on any atom is -0.380 e. The average molecular weight is 205 g/mol. The second-order valence-electron chi connectivity index (χ2n) is 3.84. The van der Waals surface area contributed by atoms with E-state index in [1.165, 1.54) is 0 Å². The average Bonchev–Trinajstić information content (AvgIpc) is 2.49. The summed E-state index contributed by atoms with van der Waals surface area (Å²) >= 11 is 0. The van der Waals surface area contributed by atoms with E-state index in [0.29, 0.717) is 31.3 Å². The molecule has 0 aromatic rings. The van der Waals surface area contributed by atoms with Gasteiger partial charge in [0.2, 0.25) is 0 Å². The topological polar surface area (TPSA) is 55.4 Å². The lowest BCUT2D eigenvalue weighted by Gasteiger charge is -2.27. The molecule has 1 N–H and O–H groups in total. The smallest absolute Gasteiger partial charge is 0.155 e. The molecule has 1 atom stereocenters. The Morgan fingerprint density at radius 3 is 2.62 bits per heavy atom. The summed E-state index contributed by atoms with van der Waals surface area (Å²) in [7, 11) is -2.89. The minimum atomic E-state index is -2.89. The van der Waals surface area contributed by atoms with Crippen LogP contribution in [0.25, 0.3) is 0 Å². The zero-order chi connectivity index (χ0) is 9.31. The predicted octanol–water partition coefficient (Wildman–Crippen LogP) is -0.590. The summed E-state index contributed by atoms with van der Waals surface area (Å²) in [5, 5.41) is 2.85. The minimum absolute atomic E-state index is 0.229. The van der Waals surface area contributed by atoms with Gasteiger partial charge in [-0.2, -0.15) is 0 Å². The summed E-state index contributed by atoms with van der Waals surface area (Å²) in [5.41, 5.74) is 0. The molecule has 4 nitrogen and oxygen atoms in total. The lowest BCUT2D eigenvalue weighted by atomic mass is 10.1. The van der Waals surface area contributed by atoms with Gasteiger partial charge in [0.15, 0.2) is 9.84 Å². The number of hydrogen-bond acceptors (Lipinski definition) is 4. The molecule has 0 bridgehead atoms. The monoisotopic (exact) mass is 205 g/mol. The summed E-state index contributed by atoms with van der Waals surface area (Å²) in [5.74, 6) is 0.680. The van der Waals surface area contributed by atoms with E-state index in [1.807, 2.05) is 0 Å². The fourth-order valence-corrected chi connectivity index (χ4v) is 3.65. The molecule has 1 unspecified atom stereocenters. The van der Waals surface area contributed by atoms with E-state index in [9.17, 15) is 8.42 Å². The SMILES string of the molecule is O=S(=O)(CC1CNC1)C1CCOC1. The van der Waals surface area contributed by atoms with E-state index in [1.54, 1.807) is 0 Å². The van der Waals surface area contributed by atoms with Crippen molar-refractivity contribution in [1.29, 1.82) is 0 Å². The van der Waals surface area contributed by atoms with E-state index in [4.69, 9.17) is 4.74 Å². The van der Waals surface area contributed by atoms with Crippen molar-refractivity contribution in [2.24, 2.45) is 5.92 Å². The Morgan fingerprint density at radius 1 is 1.38 bits per heavy atom. The first kappa shape index (κ1) is 9.43. The van der Waals surface area contributed by atoms with Crippen LogP contribution in [0, 0.1) is 5.92 Å². The maximum atomic E-state index is 11.7. The first-order chi connectivity index (χ1) is 6.18. The molecule has 2 rings (SSSR count).